The van der Waals surface area contributed by atoms with Gasteiger partial charge in [-0.3, -0.25) is 0 Å². The van der Waals surface area contributed by atoms with E-state index in [0.717, 1.165) is 24.0 Å². The van der Waals surface area contributed by atoms with Crippen LogP contribution in [0.2, 0.25) is 0 Å². The second-order valence-electron chi connectivity index (χ2n) is 6.78. The second kappa shape index (κ2) is 9.97. The molecule has 0 aliphatic rings. The molecule has 0 saturated heterocycles. The molecule has 0 aliphatic heterocycles. The highest BCUT2D eigenvalue weighted by Gasteiger charge is 2.37. The SMILES string of the molecule is CCCCC(Cc1ccccc1)(NC(=O)OCc1ccccc1)C(C)O. The molecule has 0 radical (unpaired) electrons. The molecule has 1 amide bonds. The quantitative estimate of drug-likeness (QED) is 0.698. The summed E-state index contributed by atoms with van der Waals surface area (Å²) in [6.07, 6.45) is 1.96. The molecule has 0 heterocycles. The van der Waals surface area contributed by atoms with Crippen LogP contribution in [-0.4, -0.2) is 22.8 Å². The third-order valence-corrected chi connectivity index (χ3v) is 4.70. The van der Waals surface area contributed by atoms with Crippen molar-refractivity contribution in [1.29, 1.82) is 0 Å². The molecule has 0 aliphatic carbocycles. The second-order valence-corrected chi connectivity index (χ2v) is 6.78. The van der Waals surface area contributed by atoms with E-state index in [1.165, 1.54) is 0 Å². The predicted octanol–water partition coefficient (Wildman–Crippen LogP) is 4.47. The van der Waals surface area contributed by atoms with Gasteiger partial charge in [0.25, 0.3) is 0 Å². The van der Waals surface area contributed by atoms with Gasteiger partial charge in [0, 0.05) is 0 Å². The fraction of sp³-hybridized carbons (Fsp3) is 0.409. The molecule has 26 heavy (non-hydrogen) atoms. The molecular formula is C22H29NO3. The minimum absolute atomic E-state index is 0.210. The molecule has 2 aromatic rings. The summed E-state index contributed by atoms with van der Waals surface area (Å²) in [4.78, 5) is 12.4. The van der Waals surface area contributed by atoms with Crippen LogP contribution < -0.4 is 5.32 Å². The summed E-state index contributed by atoms with van der Waals surface area (Å²) in [7, 11) is 0. The summed E-state index contributed by atoms with van der Waals surface area (Å²) in [6, 6.07) is 19.5. The van der Waals surface area contributed by atoms with Crippen molar-refractivity contribution >= 4 is 6.09 Å². The first-order chi connectivity index (χ1) is 12.6. The average molecular weight is 355 g/mol. The van der Waals surface area contributed by atoms with Crippen LogP contribution in [0.1, 0.15) is 44.2 Å². The number of aliphatic hydroxyl groups excluding tert-OH is 1. The molecular weight excluding hydrogens is 326 g/mol. The number of hydrogen-bond donors (Lipinski definition) is 2. The lowest BCUT2D eigenvalue weighted by Gasteiger charge is -2.37. The number of amides is 1. The van der Waals surface area contributed by atoms with Gasteiger partial charge >= 0.3 is 6.09 Å². The molecule has 2 rings (SSSR count). The molecule has 2 N–H and O–H groups in total. The number of aliphatic hydroxyl groups is 1. The maximum atomic E-state index is 12.4. The Labute approximate surface area is 156 Å². The Hall–Kier alpha value is -2.33. The number of carbonyl (C=O) groups excluding carboxylic acids is 1. The number of ether oxygens (including phenoxy) is 1. The number of alkyl carbamates (subject to hydrolysis) is 1. The van der Waals surface area contributed by atoms with Crippen LogP contribution in [0.4, 0.5) is 4.79 Å². The van der Waals surface area contributed by atoms with Crippen molar-refractivity contribution in [1.82, 2.24) is 5.32 Å². The molecule has 0 saturated carbocycles. The van der Waals surface area contributed by atoms with Crippen LogP contribution in [0.15, 0.2) is 60.7 Å². The van der Waals surface area contributed by atoms with Gasteiger partial charge in [-0.15, -0.1) is 0 Å². The highest BCUT2D eigenvalue weighted by Crippen LogP contribution is 2.25. The van der Waals surface area contributed by atoms with Crippen molar-refractivity contribution < 1.29 is 14.6 Å². The Kier molecular flexibility index (Phi) is 7.67. The summed E-state index contributed by atoms with van der Waals surface area (Å²) in [6.45, 7) is 4.04. The molecule has 0 fully saturated rings. The van der Waals surface area contributed by atoms with Crippen LogP contribution >= 0.6 is 0 Å². The van der Waals surface area contributed by atoms with Crippen LogP contribution in [0.3, 0.4) is 0 Å². The third-order valence-electron chi connectivity index (χ3n) is 4.70. The molecule has 4 nitrogen and oxygen atoms in total. The van der Waals surface area contributed by atoms with E-state index in [1.807, 2.05) is 60.7 Å². The van der Waals surface area contributed by atoms with Crippen molar-refractivity contribution in [2.45, 2.75) is 57.8 Å². The number of rotatable bonds is 9. The Morgan fingerprint density at radius 2 is 1.65 bits per heavy atom. The number of carbonyl (C=O) groups is 1. The summed E-state index contributed by atoms with van der Waals surface area (Å²) in [5, 5.41) is 13.5. The lowest BCUT2D eigenvalue weighted by atomic mass is 9.81. The molecule has 4 heteroatoms. The van der Waals surface area contributed by atoms with Crippen molar-refractivity contribution in [3.05, 3.63) is 71.8 Å². The van der Waals surface area contributed by atoms with Gasteiger partial charge in [0.1, 0.15) is 6.61 Å². The minimum atomic E-state index is -0.745. The van der Waals surface area contributed by atoms with E-state index >= 15 is 0 Å². The average Bonchev–Trinajstić information content (AvgIpc) is 2.66. The highest BCUT2D eigenvalue weighted by molar-refractivity contribution is 5.68. The largest absolute Gasteiger partial charge is 0.445 e. The van der Waals surface area contributed by atoms with E-state index in [-0.39, 0.29) is 6.61 Å². The van der Waals surface area contributed by atoms with E-state index < -0.39 is 17.7 Å². The highest BCUT2D eigenvalue weighted by atomic mass is 16.5. The van der Waals surface area contributed by atoms with Gasteiger partial charge < -0.3 is 15.2 Å². The number of nitrogens with one attached hydrogen (secondary N) is 1. The zero-order valence-electron chi connectivity index (χ0n) is 15.7. The lowest BCUT2D eigenvalue weighted by Crippen LogP contribution is -2.57. The van der Waals surface area contributed by atoms with Crippen LogP contribution in [0.5, 0.6) is 0 Å². The zero-order valence-corrected chi connectivity index (χ0v) is 15.7. The normalized spacial score (nSPS) is 14.3. The Morgan fingerprint density at radius 3 is 2.19 bits per heavy atom. The Bertz CT molecular complexity index is 658. The zero-order chi connectivity index (χ0) is 18.8. The van der Waals surface area contributed by atoms with Gasteiger partial charge in [-0.2, -0.15) is 0 Å². The molecule has 0 aromatic heterocycles. The van der Waals surface area contributed by atoms with Gasteiger partial charge in [-0.25, -0.2) is 4.79 Å². The first-order valence-electron chi connectivity index (χ1n) is 9.26. The third kappa shape index (κ3) is 5.88. The van der Waals surface area contributed by atoms with Crippen LogP contribution in [0.25, 0.3) is 0 Å². The fourth-order valence-electron chi connectivity index (χ4n) is 3.07. The minimum Gasteiger partial charge on any atom is -0.445 e. The van der Waals surface area contributed by atoms with Gasteiger partial charge in [0.05, 0.1) is 11.6 Å². The maximum absolute atomic E-state index is 12.4. The molecule has 0 bridgehead atoms. The van der Waals surface area contributed by atoms with Crippen molar-refractivity contribution in [2.24, 2.45) is 0 Å². The molecule has 0 spiro atoms. The number of hydrogen-bond acceptors (Lipinski definition) is 3. The lowest BCUT2D eigenvalue weighted by molar-refractivity contribution is 0.0541. The molecule has 2 unspecified atom stereocenters. The Morgan fingerprint density at radius 1 is 1.08 bits per heavy atom. The monoisotopic (exact) mass is 355 g/mol. The fourth-order valence-corrected chi connectivity index (χ4v) is 3.07. The van der Waals surface area contributed by atoms with Gasteiger partial charge in [0.15, 0.2) is 0 Å². The smallest absolute Gasteiger partial charge is 0.408 e. The topological polar surface area (TPSA) is 58.6 Å². The summed E-state index contributed by atoms with van der Waals surface area (Å²) < 4.78 is 5.39. The number of unbranched alkanes of at least 4 members (excludes halogenated alkanes) is 1. The standard InChI is InChI=1S/C22H29NO3/c1-3-4-15-22(18(2)24,16-19-11-7-5-8-12-19)23-21(25)26-17-20-13-9-6-10-14-20/h5-14,18,24H,3-4,15-17H2,1-2H3,(H,23,25). The van der Waals surface area contributed by atoms with E-state index in [0.29, 0.717) is 12.8 Å². The first-order valence-corrected chi connectivity index (χ1v) is 9.26. The first kappa shape index (κ1) is 20.0. The molecule has 140 valence electrons. The van der Waals surface area contributed by atoms with Gasteiger partial charge in [0.2, 0.25) is 0 Å². The summed E-state index contributed by atoms with van der Waals surface area (Å²) in [5.41, 5.74) is 1.26. The van der Waals surface area contributed by atoms with Crippen molar-refractivity contribution in [2.75, 3.05) is 0 Å². The van der Waals surface area contributed by atoms with Crippen molar-refractivity contribution in [3.8, 4) is 0 Å². The predicted molar refractivity (Wildman–Crippen MR) is 104 cm³/mol. The van der Waals surface area contributed by atoms with Crippen LogP contribution in [-0.2, 0) is 17.8 Å². The summed E-state index contributed by atoms with van der Waals surface area (Å²) in [5.74, 6) is 0. The summed E-state index contributed by atoms with van der Waals surface area (Å²) >= 11 is 0. The van der Waals surface area contributed by atoms with Gasteiger partial charge in [-0.1, -0.05) is 80.4 Å². The molecule has 2 atom stereocenters. The number of benzene rings is 2. The van der Waals surface area contributed by atoms with E-state index in [4.69, 9.17) is 4.74 Å². The van der Waals surface area contributed by atoms with E-state index in [9.17, 15) is 9.90 Å². The van der Waals surface area contributed by atoms with Crippen molar-refractivity contribution in [3.63, 3.8) is 0 Å². The van der Waals surface area contributed by atoms with E-state index in [2.05, 4.69) is 12.2 Å². The Balaban J connectivity index is 2.09. The van der Waals surface area contributed by atoms with Crippen LogP contribution in [0, 0.1) is 0 Å². The maximum Gasteiger partial charge on any atom is 0.408 e. The van der Waals surface area contributed by atoms with Gasteiger partial charge in [-0.05, 0) is 30.9 Å². The van der Waals surface area contributed by atoms with E-state index in [1.54, 1.807) is 6.92 Å². The molecule has 2 aromatic carbocycles.